The van der Waals surface area contributed by atoms with Crippen molar-refractivity contribution in [2.45, 2.75) is 18.8 Å². The second-order valence-electron chi connectivity index (χ2n) is 5.25. The molecule has 1 saturated heterocycles. The number of pyridine rings is 1. The molecule has 1 aliphatic heterocycles. The van der Waals surface area contributed by atoms with E-state index in [1.807, 2.05) is 12.1 Å². The Morgan fingerprint density at radius 3 is 2.57 bits per heavy atom. The first-order valence-electron chi connectivity index (χ1n) is 7.01. The molecule has 0 spiro atoms. The lowest BCUT2D eigenvalue weighted by Gasteiger charge is -2.38. The first-order valence-corrected chi connectivity index (χ1v) is 7.01. The minimum atomic E-state index is -4.50. The van der Waals surface area contributed by atoms with Crippen molar-refractivity contribution in [3.8, 4) is 5.88 Å². The maximum atomic E-state index is 12.6. The molecule has 8 heteroatoms. The van der Waals surface area contributed by atoms with Gasteiger partial charge in [0.25, 0.3) is 0 Å². The molecule has 0 radical (unpaired) electrons. The van der Waals surface area contributed by atoms with Crippen LogP contribution in [-0.4, -0.2) is 39.6 Å². The Bertz CT molecular complexity index is 680. The van der Waals surface area contributed by atoms with Crippen LogP contribution in [-0.2, 0) is 17.5 Å². The van der Waals surface area contributed by atoms with Gasteiger partial charge in [0.05, 0.1) is 13.1 Å². The lowest BCUT2D eigenvalue weighted by molar-refractivity contribution is -0.142. The number of ether oxygens (including phenoxy) is 1. The highest BCUT2D eigenvalue weighted by molar-refractivity contribution is 5.77. The van der Waals surface area contributed by atoms with Crippen molar-refractivity contribution in [3.63, 3.8) is 0 Å². The Labute approximate surface area is 130 Å². The van der Waals surface area contributed by atoms with Crippen molar-refractivity contribution >= 4 is 5.91 Å². The van der Waals surface area contributed by atoms with E-state index in [-0.39, 0.29) is 24.4 Å². The number of amides is 1. The molecule has 3 heterocycles. The second kappa shape index (κ2) is 5.94. The Morgan fingerprint density at radius 1 is 1.22 bits per heavy atom. The topological polar surface area (TPSA) is 47.4 Å². The second-order valence-corrected chi connectivity index (χ2v) is 5.25. The van der Waals surface area contributed by atoms with Crippen LogP contribution in [0.15, 0.2) is 42.7 Å². The number of nitrogens with zero attached hydrogens (tertiary/aromatic N) is 3. The fourth-order valence-corrected chi connectivity index (χ4v) is 2.26. The average molecular weight is 325 g/mol. The van der Waals surface area contributed by atoms with Gasteiger partial charge in [0, 0.05) is 18.5 Å². The van der Waals surface area contributed by atoms with Gasteiger partial charge >= 0.3 is 6.18 Å². The number of carbonyl (C=O) groups is 1. The first kappa shape index (κ1) is 15.4. The zero-order valence-electron chi connectivity index (χ0n) is 12.0. The van der Waals surface area contributed by atoms with E-state index in [4.69, 9.17) is 4.74 Å². The smallest absolute Gasteiger partial charge is 0.433 e. The van der Waals surface area contributed by atoms with Crippen LogP contribution in [0, 0.1) is 0 Å². The molecule has 23 heavy (non-hydrogen) atoms. The van der Waals surface area contributed by atoms with Crippen LogP contribution in [0.2, 0.25) is 0 Å². The molecule has 5 nitrogen and oxygen atoms in total. The van der Waals surface area contributed by atoms with Crippen molar-refractivity contribution in [1.29, 1.82) is 0 Å². The lowest BCUT2D eigenvalue weighted by atomic mass is 10.1. The van der Waals surface area contributed by atoms with Gasteiger partial charge in [-0.15, -0.1) is 0 Å². The summed E-state index contributed by atoms with van der Waals surface area (Å²) in [6.45, 7) is 0.928. The molecule has 2 aromatic rings. The van der Waals surface area contributed by atoms with Gasteiger partial charge in [0.2, 0.25) is 11.8 Å². The van der Waals surface area contributed by atoms with Crippen molar-refractivity contribution in [1.82, 2.24) is 14.5 Å². The molecule has 1 fully saturated rings. The van der Waals surface area contributed by atoms with Crippen molar-refractivity contribution in [2.24, 2.45) is 0 Å². The fraction of sp³-hybridized carbons (Fsp3) is 0.333. The molecule has 122 valence electrons. The summed E-state index contributed by atoms with van der Waals surface area (Å²) in [4.78, 5) is 17.0. The number of aromatic nitrogens is 2. The van der Waals surface area contributed by atoms with E-state index in [9.17, 15) is 18.0 Å². The Morgan fingerprint density at radius 2 is 1.91 bits per heavy atom. The van der Waals surface area contributed by atoms with E-state index in [0.29, 0.717) is 13.1 Å². The summed E-state index contributed by atoms with van der Waals surface area (Å²) >= 11 is 0. The molecule has 0 saturated carbocycles. The van der Waals surface area contributed by atoms with Gasteiger partial charge in [-0.25, -0.2) is 4.98 Å². The van der Waals surface area contributed by atoms with Gasteiger partial charge in [-0.05, 0) is 18.2 Å². The summed E-state index contributed by atoms with van der Waals surface area (Å²) in [5, 5.41) is 0. The summed E-state index contributed by atoms with van der Waals surface area (Å²) in [6, 6.07) is 7.17. The number of hydrogen-bond acceptors (Lipinski definition) is 3. The molecule has 0 aromatic carbocycles. The minimum absolute atomic E-state index is 0.0574. The molecule has 3 rings (SSSR count). The maximum Gasteiger partial charge on any atom is 0.433 e. The number of halogens is 3. The summed E-state index contributed by atoms with van der Waals surface area (Å²) in [5.74, 6) is -0.139. The third-order valence-electron chi connectivity index (χ3n) is 3.49. The van der Waals surface area contributed by atoms with Gasteiger partial charge in [-0.2, -0.15) is 13.2 Å². The van der Waals surface area contributed by atoms with E-state index in [1.165, 1.54) is 12.1 Å². The van der Waals surface area contributed by atoms with Gasteiger partial charge in [0.15, 0.2) is 0 Å². The van der Waals surface area contributed by atoms with E-state index in [1.54, 1.807) is 21.9 Å². The molecule has 0 bridgehead atoms. The molecule has 0 aliphatic carbocycles. The summed E-state index contributed by atoms with van der Waals surface area (Å²) in [6.07, 6.45) is -1.26. The minimum Gasteiger partial charge on any atom is -0.471 e. The lowest BCUT2D eigenvalue weighted by Crippen LogP contribution is -2.56. The Hall–Kier alpha value is -2.51. The SMILES string of the molecule is O=C(Cn1cccc1)N1CC(Oc2cccc(C(F)(F)F)n2)C1. The Balaban J connectivity index is 1.51. The quantitative estimate of drug-likeness (QED) is 0.866. The number of rotatable bonds is 4. The number of carbonyl (C=O) groups excluding carboxylic acids is 1. The van der Waals surface area contributed by atoms with Gasteiger partial charge in [0.1, 0.15) is 18.3 Å². The van der Waals surface area contributed by atoms with E-state index in [0.717, 1.165) is 6.07 Å². The predicted molar refractivity (Wildman–Crippen MR) is 74.7 cm³/mol. The molecule has 0 unspecified atom stereocenters. The summed E-state index contributed by atoms with van der Waals surface area (Å²) in [7, 11) is 0. The van der Waals surface area contributed by atoms with Crippen LogP contribution in [0.25, 0.3) is 0 Å². The largest absolute Gasteiger partial charge is 0.471 e. The molecule has 2 aromatic heterocycles. The zero-order valence-corrected chi connectivity index (χ0v) is 12.0. The molecule has 0 N–H and O–H groups in total. The third-order valence-corrected chi connectivity index (χ3v) is 3.49. The normalized spacial score (nSPS) is 15.3. The van der Waals surface area contributed by atoms with E-state index >= 15 is 0 Å². The van der Waals surface area contributed by atoms with Crippen LogP contribution < -0.4 is 4.74 Å². The number of alkyl halides is 3. The van der Waals surface area contributed by atoms with Crippen molar-refractivity contribution < 1.29 is 22.7 Å². The highest BCUT2D eigenvalue weighted by Crippen LogP contribution is 2.29. The van der Waals surface area contributed by atoms with Gasteiger partial charge in [-0.1, -0.05) is 6.07 Å². The van der Waals surface area contributed by atoms with Crippen LogP contribution in [0.3, 0.4) is 0 Å². The van der Waals surface area contributed by atoms with Crippen LogP contribution in [0.1, 0.15) is 5.69 Å². The number of hydrogen-bond donors (Lipinski definition) is 0. The monoisotopic (exact) mass is 325 g/mol. The Kier molecular flexibility index (Phi) is 3.97. The zero-order chi connectivity index (χ0) is 16.4. The molecule has 1 amide bonds. The highest BCUT2D eigenvalue weighted by Gasteiger charge is 2.35. The number of likely N-dealkylation sites (tertiary alicyclic amines) is 1. The average Bonchev–Trinajstić information content (AvgIpc) is 2.94. The van der Waals surface area contributed by atoms with Gasteiger partial charge in [-0.3, -0.25) is 4.79 Å². The van der Waals surface area contributed by atoms with Crippen molar-refractivity contribution in [3.05, 3.63) is 48.4 Å². The summed E-state index contributed by atoms with van der Waals surface area (Å²) < 4.78 is 44.9. The van der Waals surface area contributed by atoms with Gasteiger partial charge < -0.3 is 14.2 Å². The first-order chi connectivity index (χ1) is 10.9. The molecular formula is C15H14F3N3O2. The summed E-state index contributed by atoms with van der Waals surface area (Å²) in [5.41, 5.74) is -0.991. The van der Waals surface area contributed by atoms with E-state index in [2.05, 4.69) is 4.98 Å². The van der Waals surface area contributed by atoms with E-state index < -0.39 is 11.9 Å². The predicted octanol–water partition coefficient (Wildman–Crippen LogP) is 2.19. The molecule has 1 aliphatic rings. The van der Waals surface area contributed by atoms with Crippen molar-refractivity contribution in [2.75, 3.05) is 13.1 Å². The third kappa shape index (κ3) is 3.64. The standard InChI is InChI=1S/C15H14F3N3O2/c16-15(17,18)12-4-3-5-13(19-12)23-11-8-21(9-11)14(22)10-20-6-1-2-7-20/h1-7,11H,8-10H2. The maximum absolute atomic E-state index is 12.6. The van der Waals surface area contributed by atoms with Crippen LogP contribution in [0.5, 0.6) is 5.88 Å². The highest BCUT2D eigenvalue weighted by atomic mass is 19.4. The molecule has 0 atom stereocenters. The van der Waals surface area contributed by atoms with Crippen LogP contribution >= 0.6 is 0 Å². The van der Waals surface area contributed by atoms with Crippen LogP contribution in [0.4, 0.5) is 13.2 Å². The fourth-order valence-electron chi connectivity index (χ4n) is 2.26. The molecular weight excluding hydrogens is 311 g/mol.